The average Bonchev–Trinajstić information content (AvgIpc) is 2.98. The monoisotopic (exact) mass is 407 g/mol. The minimum Gasteiger partial charge on any atom is -0.351 e. The molecule has 0 atom stereocenters. The maximum absolute atomic E-state index is 12.3. The molecule has 0 aliphatic heterocycles. The molecule has 1 amide bonds. The molecule has 0 unspecified atom stereocenters. The van der Waals surface area contributed by atoms with Gasteiger partial charge in [0.25, 0.3) is 0 Å². The van der Waals surface area contributed by atoms with Gasteiger partial charge in [-0.1, -0.05) is 56.3 Å². The predicted molar refractivity (Wildman–Crippen MR) is 120 cm³/mol. The van der Waals surface area contributed by atoms with Crippen molar-refractivity contribution in [1.29, 1.82) is 0 Å². The van der Waals surface area contributed by atoms with Crippen LogP contribution >= 0.6 is 11.8 Å². The molecule has 1 heterocycles. The van der Waals surface area contributed by atoms with E-state index in [0.717, 1.165) is 28.4 Å². The quantitative estimate of drug-likeness (QED) is 0.530. The summed E-state index contributed by atoms with van der Waals surface area (Å²) in [6.45, 7) is 9.68. The Hall–Kier alpha value is -2.53. The molecular weight excluding hydrogens is 378 g/mol. The highest BCUT2D eigenvalue weighted by atomic mass is 32.2. The van der Waals surface area contributed by atoms with E-state index in [-0.39, 0.29) is 5.91 Å². The van der Waals surface area contributed by atoms with E-state index in [1.54, 1.807) is 11.8 Å². The average molecular weight is 408 g/mol. The lowest BCUT2D eigenvalue weighted by molar-refractivity contribution is -0.118. The van der Waals surface area contributed by atoms with Crippen molar-refractivity contribution in [2.45, 2.75) is 51.6 Å². The third-order valence-electron chi connectivity index (χ3n) is 5.09. The molecule has 0 saturated heterocycles. The van der Waals surface area contributed by atoms with Crippen molar-refractivity contribution >= 4 is 17.7 Å². The molecule has 0 saturated carbocycles. The normalized spacial score (nSPS) is 11.1. The fourth-order valence-electron chi connectivity index (χ4n) is 3.24. The lowest BCUT2D eigenvalue weighted by Gasteiger charge is -2.08. The fourth-order valence-corrected chi connectivity index (χ4v) is 3.96. The highest BCUT2D eigenvalue weighted by Gasteiger charge is 2.13. The number of hydrogen-bond donors (Lipinski definition) is 1. The Kier molecular flexibility index (Phi) is 7.15. The number of aromatic nitrogens is 2. The van der Waals surface area contributed by atoms with Gasteiger partial charge in [0.05, 0.1) is 18.0 Å². The smallest absolute Gasteiger partial charge is 0.230 e. The van der Waals surface area contributed by atoms with Crippen LogP contribution in [0.2, 0.25) is 0 Å². The van der Waals surface area contributed by atoms with Gasteiger partial charge in [0.2, 0.25) is 5.91 Å². The van der Waals surface area contributed by atoms with Gasteiger partial charge in [-0.3, -0.25) is 9.48 Å². The molecule has 0 aliphatic rings. The Labute approximate surface area is 177 Å². The number of rotatable bonds is 8. The van der Waals surface area contributed by atoms with Crippen LogP contribution in [0.15, 0.2) is 59.5 Å². The molecular formula is C24H29N3OS. The van der Waals surface area contributed by atoms with Crippen LogP contribution in [-0.2, 0) is 17.9 Å². The van der Waals surface area contributed by atoms with Crippen LogP contribution in [-0.4, -0.2) is 21.4 Å². The van der Waals surface area contributed by atoms with Gasteiger partial charge < -0.3 is 5.32 Å². The fraction of sp³-hybridized carbons (Fsp3) is 0.333. The Morgan fingerprint density at radius 2 is 1.76 bits per heavy atom. The van der Waals surface area contributed by atoms with Gasteiger partial charge >= 0.3 is 0 Å². The lowest BCUT2D eigenvalue weighted by Crippen LogP contribution is -2.25. The van der Waals surface area contributed by atoms with Gasteiger partial charge in [0, 0.05) is 22.7 Å². The van der Waals surface area contributed by atoms with Gasteiger partial charge in [0.15, 0.2) is 0 Å². The van der Waals surface area contributed by atoms with Crippen molar-refractivity contribution in [3.05, 3.63) is 82.7 Å². The summed E-state index contributed by atoms with van der Waals surface area (Å²) in [5, 5.41) is 7.70. The molecule has 0 bridgehead atoms. The maximum atomic E-state index is 12.3. The van der Waals surface area contributed by atoms with Crippen LogP contribution in [0.3, 0.4) is 0 Å². The summed E-state index contributed by atoms with van der Waals surface area (Å²) in [7, 11) is 0. The minimum absolute atomic E-state index is 0.0394. The SMILES string of the molecule is Cc1nn(Cc2ccccc2)c(C)c1CNC(=O)CSc1ccc(C(C)C)cc1. The van der Waals surface area contributed by atoms with Crippen molar-refractivity contribution in [2.24, 2.45) is 0 Å². The second-order valence-corrected chi connectivity index (χ2v) is 8.63. The Morgan fingerprint density at radius 3 is 2.41 bits per heavy atom. The minimum atomic E-state index is 0.0394. The Morgan fingerprint density at radius 1 is 1.07 bits per heavy atom. The number of hydrogen-bond acceptors (Lipinski definition) is 3. The van der Waals surface area contributed by atoms with Crippen LogP contribution in [0.25, 0.3) is 0 Å². The van der Waals surface area contributed by atoms with E-state index in [9.17, 15) is 4.79 Å². The number of carbonyl (C=O) groups is 1. The second-order valence-electron chi connectivity index (χ2n) is 7.58. The molecule has 152 valence electrons. The summed E-state index contributed by atoms with van der Waals surface area (Å²) < 4.78 is 2.01. The van der Waals surface area contributed by atoms with Crippen LogP contribution in [0.4, 0.5) is 0 Å². The summed E-state index contributed by atoms with van der Waals surface area (Å²) in [6, 6.07) is 18.8. The predicted octanol–water partition coefficient (Wildman–Crippen LogP) is 5.08. The number of aryl methyl sites for hydroxylation is 1. The van der Waals surface area contributed by atoms with Gasteiger partial charge in [-0.2, -0.15) is 5.10 Å². The molecule has 1 aromatic heterocycles. The first-order chi connectivity index (χ1) is 13.9. The third kappa shape index (κ3) is 5.73. The topological polar surface area (TPSA) is 46.9 Å². The first-order valence-electron chi connectivity index (χ1n) is 10.0. The zero-order valence-electron chi connectivity index (χ0n) is 17.6. The summed E-state index contributed by atoms with van der Waals surface area (Å²) in [5.41, 5.74) is 5.70. The first-order valence-corrected chi connectivity index (χ1v) is 11.0. The standard InChI is InChI=1S/C24H29N3OS/c1-17(2)21-10-12-22(13-11-21)29-16-24(28)25-14-23-18(3)26-27(19(23)4)15-20-8-6-5-7-9-20/h5-13,17H,14-16H2,1-4H3,(H,25,28). The van der Waals surface area contributed by atoms with Crippen molar-refractivity contribution < 1.29 is 4.79 Å². The number of nitrogens with one attached hydrogen (secondary N) is 1. The van der Waals surface area contributed by atoms with Crippen LogP contribution in [0.1, 0.15) is 47.8 Å². The van der Waals surface area contributed by atoms with Crippen molar-refractivity contribution in [3.8, 4) is 0 Å². The third-order valence-corrected chi connectivity index (χ3v) is 6.10. The van der Waals surface area contributed by atoms with Crippen molar-refractivity contribution in [1.82, 2.24) is 15.1 Å². The molecule has 3 aromatic rings. The van der Waals surface area contributed by atoms with Gasteiger partial charge in [-0.15, -0.1) is 11.8 Å². The summed E-state index contributed by atoms with van der Waals surface area (Å²) in [4.78, 5) is 13.4. The number of nitrogens with zero attached hydrogens (tertiary/aromatic N) is 2. The molecule has 2 aromatic carbocycles. The summed E-state index contributed by atoms with van der Waals surface area (Å²) in [6.07, 6.45) is 0. The molecule has 29 heavy (non-hydrogen) atoms. The molecule has 0 fully saturated rings. The first kappa shape index (κ1) is 21.2. The van der Waals surface area contributed by atoms with Gasteiger partial charge in [-0.25, -0.2) is 0 Å². The Bertz CT molecular complexity index is 946. The second kappa shape index (κ2) is 9.79. The number of thioether (sulfide) groups is 1. The summed E-state index contributed by atoms with van der Waals surface area (Å²) >= 11 is 1.57. The molecule has 0 radical (unpaired) electrons. The van der Waals surface area contributed by atoms with E-state index in [1.165, 1.54) is 11.1 Å². The highest BCUT2D eigenvalue weighted by Crippen LogP contribution is 2.22. The zero-order valence-corrected chi connectivity index (χ0v) is 18.4. The van der Waals surface area contributed by atoms with Crippen molar-refractivity contribution in [2.75, 3.05) is 5.75 Å². The maximum Gasteiger partial charge on any atom is 0.230 e. The summed E-state index contributed by atoms with van der Waals surface area (Å²) in [5.74, 6) is 0.973. The number of carbonyl (C=O) groups excluding carboxylic acids is 1. The van der Waals surface area contributed by atoms with Gasteiger partial charge in [-0.05, 0) is 43.0 Å². The van der Waals surface area contributed by atoms with Crippen LogP contribution in [0, 0.1) is 13.8 Å². The molecule has 5 heteroatoms. The van der Waals surface area contributed by atoms with Crippen LogP contribution < -0.4 is 5.32 Å². The van der Waals surface area contributed by atoms with E-state index >= 15 is 0 Å². The van der Waals surface area contributed by atoms with E-state index in [1.807, 2.05) is 29.8 Å². The van der Waals surface area contributed by atoms with Crippen molar-refractivity contribution in [3.63, 3.8) is 0 Å². The van der Waals surface area contributed by atoms with E-state index in [0.29, 0.717) is 18.2 Å². The van der Waals surface area contributed by atoms with E-state index in [4.69, 9.17) is 0 Å². The van der Waals surface area contributed by atoms with E-state index in [2.05, 4.69) is 67.6 Å². The Balaban J connectivity index is 1.53. The van der Waals surface area contributed by atoms with E-state index < -0.39 is 0 Å². The molecule has 1 N–H and O–H groups in total. The number of benzene rings is 2. The number of amides is 1. The largest absolute Gasteiger partial charge is 0.351 e. The molecule has 3 rings (SSSR count). The molecule has 0 spiro atoms. The molecule has 4 nitrogen and oxygen atoms in total. The molecule has 0 aliphatic carbocycles. The van der Waals surface area contributed by atoms with Crippen LogP contribution in [0.5, 0.6) is 0 Å². The lowest BCUT2D eigenvalue weighted by atomic mass is 10.0. The zero-order chi connectivity index (χ0) is 20.8. The highest BCUT2D eigenvalue weighted by molar-refractivity contribution is 8.00. The van der Waals surface area contributed by atoms with Gasteiger partial charge in [0.1, 0.15) is 0 Å².